The van der Waals surface area contributed by atoms with Gasteiger partial charge in [0.05, 0.1) is 12.5 Å². The number of halogens is 1. The lowest BCUT2D eigenvalue weighted by molar-refractivity contribution is 1.27. The van der Waals surface area contributed by atoms with E-state index in [-0.39, 0.29) is 0 Å². The molecule has 70 valence electrons. The second-order valence-electron chi connectivity index (χ2n) is 3.16. The number of nitrogens with zero attached hydrogens (tertiary/aromatic N) is 1. The molecule has 0 unspecified atom stereocenters. The van der Waals surface area contributed by atoms with Crippen LogP contribution in [0.3, 0.4) is 0 Å². The second-order valence-corrected chi connectivity index (χ2v) is 3.43. The number of hydrogen-bond acceptors (Lipinski definition) is 1. The number of aromatic amines is 1. The van der Waals surface area contributed by atoms with E-state index in [0.29, 0.717) is 12.3 Å². The monoisotopic (exact) mass is 204 g/mol. The van der Waals surface area contributed by atoms with E-state index in [9.17, 15) is 0 Å². The van der Waals surface area contributed by atoms with E-state index in [4.69, 9.17) is 16.9 Å². The van der Waals surface area contributed by atoms with Crippen molar-refractivity contribution >= 4 is 22.5 Å². The fraction of sp³-hybridized carbons (Fsp3) is 0.182. The first-order valence-electron chi connectivity index (χ1n) is 4.37. The van der Waals surface area contributed by atoms with Gasteiger partial charge in [0.2, 0.25) is 0 Å². The van der Waals surface area contributed by atoms with Crippen molar-refractivity contribution < 1.29 is 0 Å². The Bertz CT molecular complexity index is 493. The van der Waals surface area contributed by atoms with Crippen LogP contribution < -0.4 is 0 Å². The standard InChI is InChI=1S/C11H9ClN2/c12-6-8-1-2-11-10(5-8)9(3-4-13)7-14-11/h1-2,5,7,14H,3,6H2. The third kappa shape index (κ3) is 1.47. The molecule has 0 saturated heterocycles. The Morgan fingerprint density at radius 1 is 1.43 bits per heavy atom. The maximum Gasteiger partial charge on any atom is 0.0670 e. The van der Waals surface area contributed by atoms with E-state index in [1.54, 1.807) is 0 Å². The molecule has 0 saturated carbocycles. The highest BCUT2D eigenvalue weighted by Crippen LogP contribution is 2.20. The van der Waals surface area contributed by atoms with Crippen LogP contribution in [0.1, 0.15) is 11.1 Å². The third-order valence-electron chi connectivity index (χ3n) is 2.26. The molecule has 1 aromatic carbocycles. The average molecular weight is 205 g/mol. The van der Waals surface area contributed by atoms with E-state index in [1.165, 1.54) is 0 Å². The SMILES string of the molecule is N#CCc1c[nH]c2ccc(CCl)cc12. The molecule has 2 nitrogen and oxygen atoms in total. The molecule has 1 heterocycles. The lowest BCUT2D eigenvalue weighted by Crippen LogP contribution is -1.80. The van der Waals surface area contributed by atoms with Crippen molar-refractivity contribution in [2.75, 3.05) is 0 Å². The predicted octanol–water partition coefficient (Wildman–Crippen LogP) is 2.97. The highest BCUT2D eigenvalue weighted by Gasteiger charge is 2.03. The molecule has 2 rings (SSSR count). The largest absolute Gasteiger partial charge is 0.361 e. The lowest BCUT2D eigenvalue weighted by Gasteiger charge is -1.96. The molecule has 0 spiro atoms. The van der Waals surface area contributed by atoms with Gasteiger partial charge in [0, 0.05) is 23.0 Å². The first kappa shape index (κ1) is 9.11. The molecule has 14 heavy (non-hydrogen) atoms. The molecule has 0 aliphatic carbocycles. The van der Waals surface area contributed by atoms with Crippen molar-refractivity contribution in [3.05, 3.63) is 35.5 Å². The van der Waals surface area contributed by atoms with Crippen LogP contribution in [0, 0.1) is 11.3 Å². The summed E-state index contributed by atoms with van der Waals surface area (Å²) < 4.78 is 0. The van der Waals surface area contributed by atoms with E-state index >= 15 is 0 Å². The minimum Gasteiger partial charge on any atom is -0.361 e. The zero-order chi connectivity index (χ0) is 9.97. The van der Waals surface area contributed by atoms with Crippen LogP contribution >= 0.6 is 11.6 Å². The minimum absolute atomic E-state index is 0.436. The Morgan fingerprint density at radius 3 is 3.00 bits per heavy atom. The molecule has 0 fully saturated rings. The molecular weight excluding hydrogens is 196 g/mol. The summed E-state index contributed by atoms with van der Waals surface area (Å²) in [7, 11) is 0. The van der Waals surface area contributed by atoms with Gasteiger partial charge < -0.3 is 4.98 Å². The topological polar surface area (TPSA) is 39.6 Å². The summed E-state index contributed by atoms with van der Waals surface area (Å²) >= 11 is 5.75. The highest BCUT2D eigenvalue weighted by molar-refractivity contribution is 6.17. The second kappa shape index (κ2) is 3.73. The quantitative estimate of drug-likeness (QED) is 0.751. The molecule has 0 atom stereocenters. The zero-order valence-corrected chi connectivity index (χ0v) is 8.30. The molecule has 0 aliphatic rings. The Labute approximate surface area is 87.1 Å². The number of H-pyrrole nitrogens is 1. The van der Waals surface area contributed by atoms with Crippen LogP contribution in [0.2, 0.25) is 0 Å². The summed E-state index contributed by atoms with van der Waals surface area (Å²) in [6.07, 6.45) is 2.32. The van der Waals surface area contributed by atoms with Gasteiger partial charge in [-0.1, -0.05) is 6.07 Å². The maximum atomic E-state index is 8.63. The summed E-state index contributed by atoms with van der Waals surface area (Å²) in [5.41, 5.74) is 3.18. The molecule has 2 aromatic rings. The van der Waals surface area contributed by atoms with E-state index in [0.717, 1.165) is 22.0 Å². The van der Waals surface area contributed by atoms with E-state index in [1.807, 2.05) is 24.4 Å². The van der Waals surface area contributed by atoms with Gasteiger partial charge in [-0.25, -0.2) is 0 Å². The van der Waals surface area contributed by atoms with Crippen LogP contribution in [0.5, 0.6) is 0 Å². The Kier molecular flexibility index (Phi) is 2.43. The van der Waals surface area contributed by atoms with Gasteiger partial charge >= 0.3 is 0 Å². The van der Waals surface area contributed by atoms with Gasteiger partial charge in [0.1, 0.15) is 0 Å². The van der Waals surface area contributed by atoms with Crippen LogP contribution in [-0.2, 0) is 12.3 Å². The summed E-state index contributed by atoms with van der Waals surface area (Å²) in [5, 5.41) is 9.74. The minimum atomic E-state index is 0.436. The first-order valence-corrected chi connectivity index (χ1v) is 4.90. The Balaban J connectivity index is 2.59. The number of benzene rings is 1. The van der Waals surface area contributed by atoms with Gasteiger partial charge in [0.25, 0.3) is 0 Å². The maximum absolute atomic E-state index is 8.63. The first-order chi connectivity index (χ1) is 6.85. The summed E-state index contributed by atoms with van der Waals surface area (Å²) in [4.78, 5) is 3.13. The van der Waals surface area contributed by atoms with Crippen molar-refractivity contribution in [2.45, 2.75) is 12.3 Å². The zero-order valence-electron chi connectivity index (χ0n) is 7.55. The van der Waals surface area contributed by atoms with Gasteiger partial charge in [-0.3, -0.25) is 0 Å². The molecule has 0 amide bonds. The number of nitrogens with one attached hydrogen (secondary N) is 1. The van der Waals surface area contributed by atoms with Crippen molar-refractivity contribution in [2.24, 2.45) is 0 Å². The summed E-state index contributed by atoms with van der Waals surface area (Å²) in [5.74, 6) is 0.507. The molecule has 3 heteroatoms. The average Bonchev–Trinajstić information content (AvgIpc) is 2.61. The lowest BCUT2D eigenvalue weighted by atomic mass is 10.1. The number of alkyl halides is 1. The van der Waals surface area contributed by atoms with E-state index < -0.39 is 0 Å². The normalized spacial score (nSPS) is 10.3. The summed E-state index contributed by atoms with van der Waals surface area (Å²) in [6, 6.07) is 8.16. The number of fused-ring (bicyclic) bond motifs is 1. The highest BCUT2D eigenvalue weighted by atomic mass is 35.5. The Morgan fingerprint density at radius 2 is 2.29 bits per heavy atom. The third-order valence-corrected chi connectivity index (χ3v) is 2.56. The van der Waals surface area contributed by atoms with Crippen LogP contribution in [0.15, 0.2) is 24.4 Å². The van der Waals surface area contributed by atoms with Crippen molar-refractivity contribution in [3.63, 3.8) is 0 Å². The molecule has 0 aliphatic heterocycles. The van der Waals surface area contributed by atoms with Gasteiger partial charge in [-0.2, -0.15) is 5.26 Å². The van der Waals surface area contributed by atoms with Crippen molar-refractivity contribution in [1.82, 2.24) is 4.98 Å². The number of hydrogen-bond donors (Lipinski definition) is 1. The Hall–Kier alpha value is -1.46. The fourth-order valence-electron chi connectivity index (χ4n) is 1.54. The van der Waals surface area contributed by atoms with Gasteiger partial charge in [-0.05, 0) is 23.3 Å². The van der Waals surface area contributed by atoms with Crippen molar-refractivity contribution in [1.29, 1.82) is 5.26 Å². The van der Waals surface area contributed by atoms with Crippen LogP contribution in [-0.4, -0.2) is 4.98 Å². The molecule has 0 radical (unpaired) electrons. The fourth-order valence-corrected chi connectivity index (χ4v) is 1.71. The number of rotatable bonds is 2. The predicted molar refractivity (Wildman–Crippen MR) is 57.2 cm³/mol. The molecule has 0 bridgehead atoms. The summed E-state index contributed by atoms with van der Waals surface area (Å²) in [6.45, 7) is 0. The molecular formula is C11H9ClN2. The van der Waals surface area contributed by atoms with Crippen LogP contribution in [0.4, 0.5) is 0 Å². The molecule has 1 N–H and O–H groups in total. The van der Waals surface area contributed by atoms with Gasteiger partial charge in [-0.15, -0.1) is 11.6 Å². The smallest absolute Gasteiger partial charge is 0.0670 e. The van der Waals surface area contributed by atoms with Gasteiger partial charge in [0.15, 0.2) is 0 Å². The number of aromatic nitrogens is 1. The van der Waals surface area contributed by atoms with Crippen LogP contribution in [0.25, 0.3) is 10.9 Å². The van der Waals surface area contributed by atoms with E-state index in [2.05, 4.69) is 11.1 Å². The molecule has 1 aromatic heterocycles. The number of nitriles is 1. The van der Waals surface area contributed by atoms with Crippen molar-refractivity contribution in [3.8, 4) is 6.07 Å².